The Kier molecular flexibility index (Phi) is 6.08. The maximum absolute atomic E-state index is 12.2. The highest BCUT2D eigenvalue weighted by atomic mass is 79.9. The highest BCUT2D eigenvalue weighted by Crippen LogP contribution is 2.23. The summed E-state index contributed by atoms with van der Waals surface area (Å²) in [5, 5.41) is 4.87. The molecule has 0 aliphatic rings. The van der Waals surface area contributed by atoms with Crippen LogP contribution in [0.1, 0.15) is 28.6 Å². The number of nitrogens with zero attached hydrogens (tertiary/aromatic N) is 1. The lowest BCUT2D eigenvalue weighted by Crippen LogP contribution is -2.16. The number of hydrogen-bond donors (Lipinski definition) is 1. The number of furan rings is 1. The molecule has 1 aromatic heterocycles. The number of halogens is 1. The molecule has 3 aromatic rings. The molecule has 3 rings (SSSR count). The average Bonchev–Trinajstić information content (AvgIpc) is 3.07. The van der Waals surface area contributed by atoms with Crippen molar-refractivity contribution >= 4 is 39.0 Å². The minimum atomic E-state index is -0.407. The quantitative estimate of drug-likeness (QED) is 0.325. The fraction of sp³-hybridized carbons (Fsp3) is 0.143. The second-order valence-corrected chi connectivity index (χ2v) is 6.70. The van der Waals surface area contributed by atoms with E-state index in [1.54, 1.807) is 18.3 Å². The van der Waals surface area contributed by atoms with Gasteiger partial charge in [0.25, 0.3) is 0 Å². The Labute approximate surface area is 165 Å². The van der Waals surface area contributed by atoms with E-state index < -0.39 is 5.91 Å². The van der Waals surface area contributed by atoms with Crippen molar-refractivity contribution in [1.82, 2.24) is 5.43 Å². The number of amides is 1. The summed E-state index contributed by atoms with van der Waals surface area (Å²) in [4.78, 5) is 12.2. The highest BCUT2D eigenvalue weighted by Gasteiger charge is 2.11. The SMILES string of the molecule is C=CCc1cc(/C=N/NC(=O)c2cc3cc(Br)ccc3o2)ccc1OCC. The molecule has 0 atom stereocenters. The molecule has 0 saturated heterocycles. The van der Waals surface area contributed by atoms with E-state index in [-0.39, 0.29) is 5.76 Å². The smallest absolute Gasteiger partial charge is 0.307 e. The lowest BCUT2D eigenvalue weighted by molar-refractivity contribution is 0.0929. The number of carbonyl (C=O) groups excluding carboxylic acids is 1. The minimum Gasteiger partial charge on any atom is -0.494 e. The molecule has 1 N–H and O–H groups in total. The summed E-state index contributed by atoms with van der Waals surface area (Å²) in [6.07, 6.45) is 4.10. The van der Waals surface area contributed by atoms with Gasteiger partial charge in [0, 0.05) is 9.86 Å². The van der Waals surface area contributed by atoms with Gasteiger partial charge in [0.1, 0.15) is 11.3 Å². The van der Waals surface area contributed by atoms with Gasteiger partial charge in [-0.25, -0.2) is 5.43 Å². The number of nitrogens with one attached hydrogen (secondary N) is 1. The summed E-state index contributed by atoms with van der Waals surface area (Å²) < 4.78 is 12.1. The molecule has 5 nitrogen and oxygen atoms in total. The molecule has 0 spiro atoms. The summed E-state index contributed by atoms with van der Waals surface area (Å²) in [5.41, 5.74) is 5.00. The molecule has 6 heteroatoms. The molecule has 0 radical (unpaired) electrons. The molecule has 0 saturated carbocycles. The van der Waals surface area contributed by atoms with Crippen LogP contribution in [0.3, 0.4) is 0 Å². The molecule has 0 bridgehead atoms. The second-order valence-electron chi connectivity index (χ2n) is 5.78. The van der Waals surface area contributed by atoms with Crippen molar-refractivity contribution in [2.45, 2.75) is 13.3 Å². The van der Waals surface area contributed by atoms with Crippen LogP contribution in [0.4, 0.5) is 0 Å². The monoisotopic (exact) mass is 426 g/mol. The third-order valence-corrected chi connectivity index (χ3v) is 4.32. The van der Waals surface area contributed by atoms with Gasteiger partial charge in [0.05, 0.1) is 12.8 Å². The summed E-state index contributed by atoms with van der Waals surface area (Å²) in [5.74, 6) is 0.627. The van der Waals surface area contributed by atoms with E-state index in [1.165, 1.54) is 0 Å². The second kappa shape index (κ2) is 8.68. The van der Waals surface area contributed by atoms with Crippen molar-refractivity contribution in [2.24, 2.45) is 5.10 Å². The first-order valence-electron chi connectivity index (χ1n) is 8.50. The summed E-state index contributed by atoms with van der Waals surface area (Å²) in [6, 6.07) is 13.0. The Morgan fingerprint density at radius 1 is 1.30 bits per heavy atom. The topological polar surface area (TPSA) is 63.8 Å². The first kappa shape index (κ1) is 18.9. The molecule has 0 aliphatic carbocycles. The maximum atomic E-state index is 12.2. The van der Waals surface area contributed by atoms with E-state index >= 15 is 0 Å². The summed E-state index contributed by atoms with van der Waals surface area (Å²) >= 11 is 3.40. The molecule has 1 heterocycles. The van der Waals surface area contributed by atoms with Crippen LogP contribution in [-0.4, -0.2) is 18.7 Å². The third-order valence-electron chi connectivity index (χ3n) is 3.83. The van der Waals surface area contributed by atoms with Crippen LogP contribution >= 0.6 is 15.9 Å². The van der Waals surface area contributed by atoms with E-state index in [0.717, 1.165) is 26.7 Å². The molecule has 0 unspecified atom stereocenters. The van der Waals surface area contributed by atoms with E-state index in [4.69, 9.17) is 9.15 Å². The highest BCUT2D eigenvalue weighted by molar-refractivity contribution is 9.10. The van der Waals surface area contributed by atoms with Crippen LogP contribution in [0.2, 0.25) is 0 Å². The van der Waals surface area contributed by atoms with E-state index in [1.807, 2.05) is 43.3 Å². The first-order valence-corrected chi connectivity index (χ1v) is 9.29. The van der Waals surface area contributed by atoms with Crippen LogP contribution < -0.4 is 10.2 Å². The number of hydrogen-bond acceptors (Lipinski definition) is 4. The van der Waals surface area contributed by atoms with Gasteiger partial charge in [-0.3, -0.25) is 4.79 Å². The van der Waals surface area contributed by atoms with Crippen LogP contribution in [0, 0.1) is 0 Å². The van der Waals surface area contributed by atoms with Crippen molar-refractivity contribution in [3.05, 3.63) is 76.5 Å². The molecular weight excluding hydrogens is 408 g/mol. The normalized spacial score (nSPS) is 11.0. The van der Waals surface area contributed by atoms with E-state index in [0.29, 0.717) is 18.6 Å². The minimum absolute atomic E-state index is 0.208. The number of fused-ring (bicyclic) bond motifs is 1. The van der Waals surface area contributed by atoms with Crippen molar-refractivity contribution < 1.29 is 13.9 Å². The molecular formula is C21H19BrN2O3. The Morgan fingerprint density at radius 3 is 2.93 bits per heavy atom. The zero-order chi connectivity index (χ0) is 19.2. The first-order chi connectivity index (χ1) is 13.1. The number of ether oxygens (including phenoxy) is 1. The van der Waals surface area contributed by atoms with Crippen LogP contribution in [0.25, 0.3) is 11.0 Å². The van der Waals surface area contributed by atoms with Crippen LogP contribution in [0.15, 0.2) is 69.1 Å². The van der Waals surface area contributed by atoms with E-state index in [9.17, 15) is 4.79 Å². The van der Waals surface area contributed by atoms with Crippen LogP contribution in [0.5, 0.6) is 5.75 Å². The van der Waals surface area contributed by atoms with Crippen LogP contribution in [-0.2, 0) is 6.42 Å². The molecule has 0 aliphatic heterocycles. The standard InChI is InChI=1S/C21H19BrN2O3/c1-3-5-15-10-14(6-8-18(15)26-4-2)13-23-24-21(25)20-12-16-11-17(22)7-9-19(16)27-20/h3,6-13H,1,4-5H2,2H3,(H,24,25)/b23-13+. The summed E-state index contributed by atoms with van der Waals surface area (Å²) in [7, 11) is 0. The molecule has 27 heavy (non-hydrogen) atoms. The number of hydrazone groups is 1. The maximum Gasteiger partial charge on any atom is 0.307 e. The van der Waals surface area contributed by atoms with E-state index in [2.05, 4.69) is 33.0 Å². The van der Waals surface area contributed by atoms with Gasteiger partial charge >= 0.3 is 5.91 Å². The lowest BCUT2D eigenvalue weighted by atomic mass is 10.1. The predicted molar refractivity (Wildman–Crippen MR) is 110 cm³/mol. The van der Waals surface area contributed by atoms with Gasteiger partial charge in [-0.15, -0.1) is 6.58 Å². The largest absolute Gasteiger partial charge is 0.494 e. The lowest BCUT2D eigenvalue weighted by Gasteiger charge is -2.09. The molecule has 2 aromatic carbocycles. The van der Waals surface area contributed by atoms with Gasteiger partial charge in [-0.05, 0) is 66.9 Å². The van der Waals surface area contributed by atoms with Crippen molar-refractivity contribution in [1.29, 1.82) is 0 Å². The fourth-order valence-corrected chi connectivity index (χ4v) is 3.02. The number of carbonyl (C=O) groups is 1. The zero-order valence-corrected chi connectivity index (χ0v) is 16.5. The van der Waals surface area contributed by atoms with Gasteiger partial charge in [0.15, 0.2) is 5.76 Å². The van der Waals surface area contributed by atoms with Gasteiger partial charge in [0.2, 0.25) is 0 Å². The number of rotatable bonds is 7. The Balaban J connectivity index is 1.71. The Bertz CT molecular complexity index is 1010. The van der Waals surface area contributed by atoms with Gasteiger partial charge in [-0.1, -0.05) is 22.0 Å². The van der Waals surface area contributed by atoms with Crippen molar-refractivity contribution in [3.8, 4) is 5.75 Å². The average molecular weight is 427 g/mol. The Morgan fingerprint density at radius 2 is 2.15 bits per heavy atom. The number of benzene rings is 2. The third kappa shape index (κ3) is 4.65. The number of allylic oxidation sites excluding steroid dienone is 1. The van der Waals surface area contributed by atoms with Gasteiger partial charge < -0.3 is 9.15 Å². The zero-order valence-electron chi connectivity index (χ0n) is 14.9. The Hall–Kier alpha value is -2.86. The molecule has 1 amide bonds. The van der Waals surface area contributed by atoms with Gasteiger partial charge in [-0.2, -0.15) is 5.10 Å². The molecule has 138 valence electrons. The predicted octanol–water partition coefficient (Wildman–Crippen LogP) is 5.09. The fourth-order valence-electron chi connectivity index (χ4n) is 2.64. The van der Waals surface area contributed by atoms with Crippen molar-refractivity contribution in [3.63, 3.8) is 0 Å². The summed E-state index contributed by atoms with van der Waals surface area (Å²) in [6.45, 7) is 6.31. The van der Waals surface area contributed by atoms with Crippen molar-refractivity contribution in [2.75, 3.05) is 6.61 Å². The molecule has 0 fully saturated rings.